The third-order valence-electron chi connectivity index (χ3n) is 3.52. The van der Waals surface area contributed by atoms with Gasteiger partial charge in [-0.1, -0.05) is 19.1 Å². The van der Waals surface area contributed by atoms with Crippen LogP contribution in [-0.2, 0) is 9.47 Å². The van der Waals surface area contributed by atoms with E-state index in [1.807, 2.05) is 12.1 Å². The van der Waals surface area contributed by atoms with Crippen LogP contribution in [0.3, 0.4) is 0 Å². The smallest absolute Gasteiger partial charge is 0.119 e. The van der Waals surface area contributed by atoms with Gasteiger partial charge >= 0.3 is 0 Å². The first-order valence-corrected chi connectivity index (χ1v) is 7.40. The van der Waals surface area contributed by atoms with E-state index in [-0.39, 0.29) is 12.1 Å². The van der Waals surface area contributed by atoms with Crippen molar-refractivity contribution in [2.45, 2.75) is 31.9 Å². The van der Waals surface area contributed by atoms with Crippen molar-refractivity contribution in [3.05, 3.63) is 29.8 Å². The number of methoxy groups -OCH3 is 1. The first kappa shape index (κ1) is 15.3. The molecule has 1 heterocycles. The van der Waals surface area contributed by atoms with Gasteiger partial charge in [-0.15, -0.1) is 0 Å². The van der Waals surface area contributed by atoms with Crippen LogP contribution in [0.25, 0.3) is 0 Å². The zero-order valence-corrected chi connectivity index (χ0v) is 12.4. The summed E-state index contributed by atoms with van der Waals surface area (Å²) in [5.41, 5.74) is 1.21. The number of ether oxygens (including phenoxy) is 3. The Morgan fingerprint density at radius 1 is 1.45 bits per heavy atom. The molecule has 0 aromatic heterocycles. The molecule has 1 aliphatic heterocycles. The molecule has 112 valence electrons. The lowest BCUT2D eigenvalue weighted by atomic mass is 10.1. The Morgan fingerprint density at radius 2 is 2.35 bits per heavy atom. The largest absolute Gasteiger partial charge is 0.497 e. The molecule has 2 unspecified atom stereocenters. The van der Waals surface area contributed by atoms with Gasteiger partial charge in [0.2, 0.25) is 0 Å². The summed E-state index contributed by atoms with van der Waals surface area (Å²) >= 11 is 0. The van der Waals surface area contributed by atoms with Crippen LogP contribution in [0.2, 0.25) is 0 Å². The maximum absolute atomic E-state index is 5.96. The van der Waals surface area contributed by atoms with E-state index in [1.165, 1.54) is 5.56 Å². The highest BCUT2D eigenvalue weighted by Crippen LogP contribution is 2.21. The molecule has 4 nitrogen and oxygen atoms in total. The maximum Gasteiger partial charge on any atom is 0.119 e. The molecular formula is C16H25NO3. The van der Waals surface area contributed by atoms with Crippen LogP contribution in [0.1, 0.15) is 31.4 Å². The number of nitrogens with one attached hydrogen (secondary N) is 1. The Morgan fingerprint density at radius 3 is 3.05 bits per heavy atom. The lowest BCUT2D eigenvalue weighted by Crippen LogP contribution is -2.28. The fraction of sp³-hybridized carbons (Fsp3) is 0.625. The number of rotatable bonds is 8. The van der Waals surface area contributed by atoms with E-state index in [9.17, 15) is 0 Å². The molecule has 2 rings (SSSR count). The van der Waals surface area contributed by atoms with E-state index >= 15 is 0 Å². The van der Waals surface area contributed by atoms with Gasteiger partial charge in [-0.2, -0.15) is 0 Å². The molecule has 0 aliphatic carbocycles. The van der Waals surface area contributed by atoms with Crippen LogP contribution >= 0.6 is 0 Å². The summed E-state index contributed by atoms with van der Waals surface area (Å²) < 4.78 is 16.6. The Kier molecular flexibility index (Phi) is 6.30. The SMILES string of the molecule is CCCNC(COC1CCOC1)c1cccc(OC)c1. The van der Waals surface area contributed by atoms with Gasteiger partial charge < -0.3 is 19.5 Å². The van der Waals surface area contributed by atoms with Crippen LogP contribution in [0.4, 0.5) is 0 Å². The van der Waals surface area contributed by atoms with Crippen molar-refractivity contribution < 1.29 is 14.2 Å². The molecule has 0 amide bonds. The van der Waals surface area contributed by atoms with Crippen LogP contribution in [-0.4, -0.2) is 39.6 Å². The Balaban J connectivity index is 1.97. The number of hydrogen-bond donors (Lipinski definition) is 1. The van der Waals surface area contributed by atoms with Crippen molar-refractivity contribution in [1.82, 2.24) is 5.32 Å². The molecule has 1 aromatic rings. The standard InChI is InChI=1S/C16H25NO3/c1-3-8-17-16(12-20-15-7-9-19-11-15)13-5-4-6-14(10-13)18-2/h4-6,10,15-17H,3,7-9,11-12H2,1-2H3. The molecule has 2 atom stereocenters. The maximum atomic E-state index is 5.96. The highest BCUT2D eigenvalue weighted by molar-refractivity contribution is 5.30. The van der Waals surface area contributed by atoms with Crippen molar-refractivity contribution in [3.63, 3.8) is 0 Å². The molecule has 1 fully saturated rings. The Hall–Kier alpha value is -1.10. The first-order chi connectivity index (χ1) is 9.83. The van der Waals surface area contributed by atoms with Gasteiger partial charge in [-0.3, -0.25) is 0 Å². The molecule has 20 heavy (non-hydrogen) atoms. The van der Waals surface area contributed by atoms with Gasteiger partial charge in [0.15, 0.2) is 0 Å². The summed E-state index contributed by atoms with van der Waals surface area (Å²) in [6.45, 7) is 5.35. The third kappa shape index (κ3) is 4.47. The minimum absolute atomic E-state index is 0.200. The predicted molar refractivity (Wildman–Crippen MR) is 79.2 cm³/mol. The monoisotopic (exact) mass is 279 g/mol. The molecule has 1 aromatic carbocycles. The van der Waals surface area contributed by atoms with Crippen LogP contribution < -0.4 is 10.1 Å². The Bertz CT molecular complexity index is 391. The van der Waals surface area contributed by atoms with Crippen molar-refractivity contribution in [3.8, 4) is 5.75 Å². The summed E-state index contributed by atoms with van der Waals surface area (Å²) in [5, 5.41) is 3.54. The van der Waals surface area contributed by atoms with Crippen LogP contribution in [0, 0.1) is 0 Å². The van der Waals surface area contributed by atoms with Gasteiger partial charge in [0.25, 0.3) is 0 Å². The molecule has 4 heteroatoms. The normalized spacial score (nSPS) is 20.0. The quantitative estimate of drug-likeness (QED) is 0.794. The second-order valence-corrected chi connectivity index (χ2v) is 5.10. The average Bonchev–Trinajstić information content (AvgIpc) is 3.01. The van der Waals surface area contributed by atoms with E-state index in [0.717, 1.165) is 38.3 Å². The lowest BCUT2D eigenvalue weighted by molar-refractivity contribution is 0.0297. The third-order valence-corrected chi connectivity index (χ3v) is 3.52. The van der Waals surface area contributed by atoms with Gasteiger partial charge in [0.05, 0.1) is 32.5 Å². The van der Waals surface area contributed by atoms with E-state index in [0.29, 0.717) is 6.61 Å². The van der Waals surface area contributed by atoms with Crippen molar-refractivity contribution in [2.24, 2.45) is 0 Å². The van der Waals surface area contributed by atoms with E-state index in [1.54, 1.807) is 7.11 Å². The summed E-state index contributed by atoms with van der Waals surface area (Å²) in [4.78, 5) is 0. The summed E-state index contributed by atoms with van der Waals surface area (Å²) in [5.74, 6) is 0.884. The van der Waals surface area contributed by atoms with Gasteiger partial charge in [0.1, 0.15) is 5.75 Å². The van der Waals surface area contributed by atoms with E-state index in [4.69, 9.17) is 14.2 Å². The zero-order chi connectivity index (χ0) is 14.2. The Labute approximate surface area is 121 Å². The summed E-state index contributed by atoms with van der Waals surface area (Å²) in [6, 6.07) is 8.37. The molecular weight excluding hydrogens is 254 g/mol. The predicted octanol–water partition coefficient (Wildman–Crippen LogP) is 2.54. The topological polar surface area (TPSA) is 39.7 Å². The highest BCUT2D eigenvalue weighted by atomic mass is 16.5. The number of hydrogen-bond acceptors (Lipinski definition) is 4. The fourth-order valence-electron chi connectivity index (χ4n) is 2.33. The fourth-order valence-corrected chi connectivity index (χ4v) is 2.33. The molecule has 1 saturated heterocycles. The highest BCUT2D eigenvalue weighted by Gasteiger charge is 2.19. The van der Waals surface area contributed by atoms with Gasteiger partial charge in [-0.25, -0.2) is 0 Å². The minimum atomic E-state index is 0.200. The van der Waals surface area contributed by atoms with Crippen molar-refractivity contribution in [2.75, 3.05) is 33.5 Å². The van der Waals surface area contributed by atoms with Crippen molar-refractivity contribution in [1.29, 1.82) is 0 Å². The summed E-state index contributed by atoms with van der Waals surface area (Å²) in [6.07, 6.45) is 2.34. The van der Waals surface area contributed by atoms with E-state index in [2.05, 4.69) is 24.4 Å². The van der Waals surface area contributed by atoms with Crippen molar-refractivity contribution >= 4 is 0 Å². The summed E-state index contributed by atoms with van der Waals surface area (Å²) in [7, 11) is 1.69. The minimum Gasteiger partial charge on any atom is -0.497 e. The van der Waals surface area contributed by atoms with Crippen LogP contribution in [0.5, 0.6) is 5.75 Å². The molecule has 1 N–H and O–H groups in total. The first-order valence-electron chi connectivity index (χ1n) is 7.40. The molecule has 1 aliphatic rings. The van der Waals surface area contributed by atoms with Gasteiger partial charge in [0, 0.05) is 6.61 Å². The molecule has 0 radical (unpaired) electrons. The molecule has 0 spiro atoms. The number of benzene rings is 1. The second kappa shape index (κ2) is 8.25. The van der Waals surface area contributed by atoms with Gasteiger partial charge in [-0.05, 0) is 37.1 Å². The zero-order valence-electron chi connectivity index (χ0n) is 12.4. The molecule has 0 bridgehead atoms. The van der Waals surface area contributed by atoms with E-state index < -0.39 is 0 Å². The average molecular weight is 279 g/mol. The van der Waals surface area contributed by atoms with Crippen LogP contribution in [0.15, 0.2) is 24.3 Å². The lowest BCUT2D eigenvalue weighted by Gasteiger charge is -2.21. The molecule has 0 saturated carbocycles. The second-order valence-electron chi connectivity index (χ2n) is 5.10.